The van der Waals surface area contributed by atoms with Crippen LogP contribution in [0, 0.1) is 13.8 Å². The second-order valence-corrected chi connectivity index (χ2v) is 8.80. The zero-order valence-electron chi connectivity index (χ0n) is 14.7. The lowest BCUT2D eigenvalue weighted by atomic mass is 10.1. The fourth-order valence-electron chi connectivity index (χ4n) is 2.30. The fourth-order valence-corrected chi connectivity index (χ4v) is 4.00. The third-order valence-corrected chi connectivity index (χ3v) is 5.59. The molecule has 0 unspecified atom stereocenters. The summed E-state index contributed by atoms with van der Waals surface area (Å²) < 4.78 is 23.3. The summed E-state index contributed by atoms with van der Waals surface area (Å²) in [6.45, 7) is 5.01. The first-order valence-electron chi connectivity index (χ1n) is 7.45. The Kier molecular flexibility index (Phi) is 8.29. The minimum atomic E-state index is -3.18. The number of nitrogens with one attached hydrogen (secondary N) is 2. The number of aromatic nitrogens is 1. The Bertz CT molecular complexity index is 848. The van der Waals surface area contributed by atoms with Gasteiger partial charge in [-0.05, 0) is 31.0 Å². The molecule has 0 aliphatic carbocycles. The van der Waals surface area contributed by atoms with E-state index in [0.29, 0.717) is 23.9 Å². The van der Waals surface area contributed by atoms with Gasteiger partial charge in [-0.15, -0.1) is 35.3 Å². The first-order chi connectivity index (χ1) is 11.3. The van der Waals surface area contributed by atoms with Gasteiger partial charge in [0.15, 0.2) is 15.8 Å². The standard InChI is InChI=1S/C16H22N4O2S2.HI/c1-11-7-13(5-6-15(11)24(4,21)22)8-19-16(17-3)20-10-14-9-18-12(2)23-14;/h5-7,9H,8,10H2,1-4H3,(H2,17,19,20);1H. The summed E-state index contributed by atoms with van der Waals surface area (Å²) in [6, 6.07) is 5.34. The van der Waals surface area contributed by atoms with Crippen LogP contribution in [0.1, 0.15) is 21.0 Å². The van der Waals surface area contributed by atoms with Gasteiger partial charge in [-0.1, -0.05) is 12.1 Å². The van der Waals surface area contributed by atoms with E-state index in [9.17, 15) is 8.42 Å². The van der Waals surface area contributed by atoms with Crippen molar-refractivity contribution >= 4 is 51.1 Å². The van der Waals surface area contributed by atoms with Crippen LogP contribution in [-0.4, -0.2) is 32.7 Å². The van der Waals surface area contributed by atoms with E-state index < -0.39 is 9.84 Å². The van der Waals surface area contributed by atoms with Crippen LogP contribution in [0.3, 0.4) is 0 Å². The van der Waals surface area contributed by atoms with E-state index in [-0.39, 0.29) is 24.0 Å². The van der Waals surface area contributed by atoms with Crippen LogP contribution in [0.25, 0.3) is 0 Å². The molecule has 6 nitrogen and oxygen atoms in total. The first-order valence-corrected chi connectivity index (χ1v) is 10.2. The minimum absolute atomic E-state index is 0. The minimum Gasteiger partial charge on any atom is -0.352 e. The fraction of sp³-hybridized carbons (Fsp3) is 0.375. The molecule has 1 aromatic heterocycles. The number of halogens is 1. The maximum absolute atomic E-state index is 11.7. The number of aryl methyl sites for hydroxylation is 2. The lowest BCUT2D eigenvalue weighted by molar-refractivity contribution is 0.601. The van der Waals surface area contributed by atoms with Crippen LogP contribution in [0.2, 0.25) is 0 Å². The molecule has 25 heavy (non-hydrogen) atoms. The summed E-state index contributed by atoms with van der Waals surface area (Å²) in [7, 11) is -1.47. The lowest BCUT2D eigenvalue weighted by Crippen LogP contribution is -2.36. The number of sulfone groups is 1. The number of aliphatic imine (C=N–C) groups is 1. The molecule has 0 amide bonds. The van der Waals surface area contributed by atoms with E-state index in [4.69, 9.17) is 0 Å². The van der Waals surface area contributed by atoms with Crippen molar-refractivity contribution in [2.75, 3.05) is 13.3 Å². The smallest absolute Gasteiger partial charge is 0.191 e. The van der Waals surface area contributed by atoms with Crippen molar-refractivity contribution in [3.05, 3.63) is 45.4 Å². The van der Waals surface area contributed by atoms with Crippen molar-refractivity contribution < 1.29 is 8.42 Å². The van der Waals surface area contributed by atoms with Gasteiger partial charge < -0.3 is 10.6 Å². The largest absolute Gasteiger partial charge is 0.352 e. The topological polar surface area (TPSA) is 83.5 Å². The first kappa shape index (κ1) is 21.8. The highest BCUT2D eigenvalue weighted by molar-refractivity contribution is 14.0. The average molecular weight is 494 g/mol. The van der Waals surface area contributed by atoms with Crippen molar-refractivity contribution in [3.8, 4) is 0 Å². The average Bonchev–Trinajstić information content (AvgIpc) is 2.92. The van der Waals surface area contributed by atoms with Crippen LogP contribution in [0.15, 0.2) is 34.3 Å². The van der Waals surface area contributed by atoms with Gasteiger partial charge in [0.2, 0.25) is 0 Å². The molecule has 0 radical (unpaired) electrons. The molecule has 0 aliphatic heterocycles. The Hall–Kier alpha value is -1.20. The Morgan fingerprint density at radius 3 is 2.44 bits per heavy atom. The molecule has 138 valence electrons. The molecule has 0 fully saturated rings. The quantitative estimate of drug-likeness (QED) is 0.380. The number of hydrogen-bond donors (Lipinski definition) is 2. The van der Waals surface area contributed by atoms with Gasteiger partial charge in [0.1, 0.15) is 0 Å². The van der Waals surface area contributed by atoms with Crippen molar-refractivity contribution in [1.29, 1.82) is 0 Å². The molecule has 9 heteroatoms. The Balaban J connectivity index is 0.00000312. The van der Waals surface area contributed by atoms with Crippen LogP contribution < -0.4 is 10.6 Å². The lowest BCUT2D eigenvalue weighted by Gasteiger charge is -2.12. The molecule has 2 aromatic rings. The molecule has 0 saturated carbocycles. The summed E-state index contributed by atoms with van der Waals surface area (Å²) in [4.78, 5) is 9.92. The van der Waals surface area contributed by atoms with Gasteiger partial charge >= 0.3 is 0 Å². The summed E-state index contributed by atoms with van der Waals surface area (Å²) in [5.41, 5.74) is 1.75. The number of guanidine groups is 1. The van der Waals surface area contributed by atoms with Crippen molar-refractivity contribution in [2.24, 2.45) is 4.99 Å². The third-order valence-electron chi connectivity index (χ3n) is 3.42. The normalized spacial score (nSPS) is 11.8. The van der Waals surface area contributed by atoms with Crippen LogP contribution in [-0.2, 0) is 22.9 Å². The van der Waals surface area contributed by atoms with E-state index in [0.717, 1.165) is 21.0 Å². The van der Waals surface area contributed by atoms with E-state index in [2.05, 4.69) is 20.6 Å². The van der Waals surface area contributed by atoms with E-state index in [1.165, 1.54) is 6.26 Å². The molecular weight excluding hydrogens is 471 g/mol. The molecular formula is C16H23IN4O2S2. The van der Waals surface area contributed by atoms with Crippen molar-refractivity contribution in [1.82, 2.24) is 15.6 Å². The molecule has 0 atom stereocenters. The summed E-state index contributed by atoms with van der Waals surface area (Å²) in [6.07, 6.45) is 3.08. The molecule has 0 aliphatic rings. The van der Waals surface area contributed by atoms with Gasteiger partial charge in [0, 0.05) is 30.9 Å². The van der Waals surface area contributed by atoms with Gasteiger partial charge in [-0.25, -0.2) is 13.4 Å². The second-order valence-electron chi connectivity index (χ2n) is 5.50. The van der Waals surface area contributed by atoms with Crippen LogP contribution >= 0.6 is 35.3 Å². The number of benzene rings is 1. The number of thiazole rings is 1. The zero-order chi connectivity index (χ0) is 17.7. The van der Waals surface area contributed by atoms with Crippen LogP contribution in [0.4, 0.5) is 0 Å². The number of nitrogens with zero attached hydrogens (tertiary/aromatic N) is 2. The highest BCUT2D eigenvalue weighted by Gasteiger charge is 2.11. The Morgan fingerprint density at radius 2 is 1.92 bits per heavy atom. The maximum atomic E-state index is 11.7. The van der Waals surface area contributed by atoms with Crippen molar-refractivity contribution in [3.63, 3.8) is 0 Å². The summed E-state index contributed by atoms with van der Waals surface area (Å²) in [5, 5.41) is 7.49. The second kappa shape index (κ2) is 9.48. The summed E-state index contributed by atoms with van der Waals surface area (Å²) >= 11 is 1.65. The molecule has 1 aromatic carbocycles. The molecule has 2 rings (SSSR count). The van der Waals surface area contributed by atoms with Gasteiger partial charge in [0.25, 0.3) is 0 Å². The van der Waals surface area contributed by atoms with E-state index in [1.54, 1.807) is 31.4 Å². The van der Waals surface area contributed by atoms with E-state index in [1.807, 2.05) is 25.3 Å². The Labute approximate surface area is 170 Å². The molecule has 0 bridgehead atoms. The van der Waals surface area contributed by atoms with Gasteiger partial charge in [0.05, 0.1) is 16.4 Å². The molecule has 0 spiro atoms. The number of rotatable bonds is 5. The highest BCUT2D eigenvalue weighted by Crippen LogP contribution is 2.16. The predicted molar refractivity (Wildman–Crippen MR) is 114 cm³/mol. The van der Waals surface area contributed by atoms with Crippen molar-refractivity contribution in [2.45, 2.75) is 31.8 Å². The maximum Gasteiger partial charge on any atom is 0.191 e. The monoisotopic (exact) mass is 494 g/mol. The number of hydrogen-bond acceptors (Lipinski definition) is 5. The van der Waals surface area contributed by atoms with Gasteiger partial charge in [-0.3, -0.25) is 4.99 Å². The molecule has 1 heterocycles. The van der Waals surface area contributed by atoms with Crippen LogP contribution in [0.5, 0.6) is 0 Å². The molecule has 2 N–H and O–H groups in total. The zero-order valence-corrected chi connectivity index (χ0v) is 18.6. The SMILES string of the molecule is CN=C(NCc1ccc(S(C)(=O)=O)c(C)c1)NCc1cnc(C)s1.I. The Morgan fingerprint density at radius 1 is 1.24 bits per heavy atom. The van der Waals surface area contributed by atoms with Gasteiger partial charge in [-0.2, -0.15) is 0 Å². The predicted octanol–water partition coefficient (Wildman–Crippen LogP) is 2.65. The molecule has 0 saturated heterocycles. The highest BCUT2D eigenvalue weighted by atomic mass is 127. The third kappa shape index (κ3) is 6.55. The summed E-state index contributed by atoms with van der Waals surface area (Å²) in [5.74, 6) is 0.686. The van der Waals surface area contributed by atoms with E-state index >= 15 is 0 Å².